The van der Waals surface area contributed by atoms with Gasteiger partial charge in [-0.05, 0) is 67.8 Å². The van der Waals surface area contributed by atoms with E-state index >= 15 is 0 Å². The van der Waals surface area contributed by atoms with Gasteiger partial charge < -0.3 is 4.90 Å². The van der Waals surface area contributed by atoms with Crippen molar-refractivity contribution < 1.29 is 0 Å². The number of halogens is 2. The van der Waals surface area contributed by atoms with Gasteiger partial charge >= 0.3 is 0 Å². The van der Waals surface area contributed by atoms with Crippen LogP contribution in [0.5, 0.6) is 0 Å². The quantitative estimate of drug-likeness (QED) is 0.389. The van der Waals surface area contributed by atoms with Gasteiger partial charge in [-0.15, -0.1) is 0 Å². The van der Waals surface area contributed by atoms with Gasteiger partial charge in [-0.25, -0.2) is 0 Å². The standard InChI is InChI=1S/C22H20BrClN2/c1-14-12-22(2,3)26(4)21-11-20(24)16(10-19(14)21)8-17(13-25)15-6-5-7-18(23)9-15/h5-12H,1-4H3/b17-8-. The van der Waals surface area contributed by atoms with Crippen LogP contribution < -0.4 is 4.90 Å². The zero-order chi connectivity index (χ0) is 19.1. The molecule has 0 aliphatic carbocycles. The van der Waals surface area contributed by atoms with Gasteiger partial charge in [-0.1, -0.05) is 45.7 Å². The number of nitriles is 1. The molecule has 4 heteroatoms. The van der Waals surface area contributed by atoms with Crippen LogP contribution in [-0.2, 0) is 0 Å². The summed E-state index contributed by atoms with van der Waals surface area (Å²) in [6, 6.07) is 14.1. The van der Waals surface area contributed by atoms with E-state index in [0.717, 1.165) is 26.9 Å². The Bertz CT molecular complexity index is 980. The van der Waals surface area contributed by atoms with Gasteiger partial charge in [0, 0.05) is 27.8 Å². The van der Waals surface area contributed by atoms with Crippen LogP contribution in [0, 0.1) is 11.3 Å². The van der Waals surface area contributed by atoms with E-state index in [4.69, 9.17) is 11.6 Å². The maximum Gasteiger partial charge on any atom is 0.0998 e. The van der Waals surface area contributed by atoms with Crippen molar-refractivity contribution in [2.24, 2.45) is 0 Å². The summed E-state index contributed by atoms with van der Waals surface area (Å²) >= 11 is 10.0. The van der Waals surface area contributed by atoms with Crippen molar-refractivity contribution in [3.63, 3.8) is 0 Å². The highest BCUT2D eigenvalue weighted by molar-refractivity contribution is 9.10. The zero-order valence-electron chi connectivity index (χ0n) is 15.3. The number of allylic oxidation sites excluding steroid dienone is 2. The van der Waals surface area contributed by atoms with E-state index in [9.17, 15) is 5.26 Å². The third-order valence-electron chi connectivity index (χ3n) is 4.89. The van der Waals surface area contributed by atoms with Crippen molar-refractivity contribution in [1.29, 1.82) is 5.26 Å². The topological polar surface area (TPSA) is 27.0 Å². The Labute approximate surface area is 168 Å². The smallest absolute Gasteiger partial charge is 0.0998 e. The van der Waals surface area contributed by atoms with Gasteiger partial charge in [-0.2, -0.15) is 5.26 Å². The molecule has 0 N–H and O–H groups in total. The monoisotopic (exact) mass is 426 g/mol. The van der Waals surface area contributed by atoms with Gasteiger partial charge in [0.1, 0.15) is 0 Å². The van der Waals surface area contributed by atoms with Crippen molar-refractivity contribution >= 4 is 50.4 Å². The highest BCUT2D eigenvalue weighted by Crippen LogP contribution is 2.41. The maximum absolute atomic E-state index is 9.63. The lowest BCUT2D eigenvalue weighted by Crippen LogP contribution is -2.42. The van der Waals surface area contributed by atoms with Crippen LogP contribution in [0.1, 0.15) is 37.5 Å². The normalized spacial score (nSPS) is 16.0. The lowest BCUT2D eigenvalue weighted by molar-refractivity contribution is 0.598. The molecule has 26 heavy (non-hydrogen) atoms. The Kier molecular flexibility index (Phi) is 5.01. The molecule has 0 unspecified atom stereocenters. The van der Waals surface area contributed by atoms with Crippen LogP contribution in [0.3, 0.4) is 0 Å². The molecule has 132 valence electrons. The predicted octanol–water partition coefficient (Wildman–Crippen LogP) is 6.80. The molecule has 0 aromatic heterocycles. The summed E-state index contributed by atoms with van der Waals surface area (Å²) in [5.74, 6) is 0. The van der Waals surface area contributed by atoms with E-state index in [1.165, 1.54) is 5.57 Å². The number of anilines is 1. The molecule has 0 bridgehead atoms. The molecule has 0 saturated carbocycles. The summed E-state index contributed by atoms with van der Waals surface area (Å²) in [5, 5.41) is 10.3. The van der Waals surface area contributed by atoms with Crippen molar-refractivity contribution in [3.05, 3.63) is 68.7 Å². The number of rotatable bonds is 2. The fourth-order valence-electron chi connectivity index (χ4n) is 3.29. The van der Waals surface area contributed by atoms with Crippen LogP contribution in [-0.4, -0.2) is 12.6 Å². The van der Waals surface area contributed by atoms with E-state index < -0.39 is 0 Å². The fraction of sp³-hybridized carbons (Fsp3) is 0.227. The molecule has 0 atom stereocenters. The van der Waals surface area contributed by atoms with Crippen molar-refractivity contribution in [1.82, 2.24) is 0 Å². The molecule has 2 nitrogen and oxygen atoms in total. The summed E-state index contributed by atoms with van der Waals surface area (Å²) in [6.45, 7) is 6.49. The Morgan fingerprint density at radius 2 is 2.00 bits per heavy atom. The van der Waals surface area contributed by atoms with Gasteiger partial charge in [0.25, 0.3) is 0 Å². The number of benzene rings is 2. The molecule has 3 rings (SSSR count). The molecule has 0 spiro atoms. The van der Waals surface area contributed by atoms with E-state index in [0.29, 0.717) is 10.6 Å². The van der Waals surface area contributed by atoms with Crippen LogP contribution in [0.2, 0.25) is 5.02 Å². The number of hydrogen-bond donors (Lipinski definition) is 0. The first-order valence-corrected chi connectivity index (χ1v) is 9.55. The van der Waals surface area contributed by atoms with E-state index in [2.05, 4.69) is 66.9 Å². The van der Waals surface area contributed by atoms with Crippen LogP contribution in [0.25, 0.3) is 17.2 Å². The van der Waals surface area contributed by atoms with E-state index in [1.54, 1.807) is 0 Å². The Morgan fingerprint density at radius 3 is 2.65 bits per heavy atom. The van der Waals surface area contributed by atoms with E-state index in [-0.39, 0.29) is 5.54 Å². The summed E-state index contributed by atoms with van der Waals surface area (Å²) in [6.07, 6.45) is 4.12. The van der Waals surface area contributed by atoms with Crippen LogP contribution in [0.4, 0.5) is 5.69 Å². The zero-order valence-corrected chi connectivity index (χ0v) is 17.6. The Hall–Kier alpha value is -2.02. The Morgan fingerprint density at radius 1 is 1.27 bits per heavy atom. The minimum Gasteiger partial charge on any atom is -0.365 e. The SMILES string of the molecule is CC1=CC(C)(C)N(C)c2cc(Cl)c(/C=C(/C#N)c3cccc(Br)c3)cc21. The van der Waals surface area contributed by atoms with Crippen molar-refractivity contribution in [2.75, 3.05) is 11.9 Å². The maximum atomic E-state index is 9.63. The first-order chi connectivity index (χ1) is 12.2. The highest BCUT2D eigenvalue weighted by Gasteiger charge is 2.29. The summed E-state index contributed by atoms with van der Waals surface area (Å²) in [7, 11) is 2.08. The third kappa shape index (κ3) is 3.45. The molecule has 0 radical (unpaired) electrons. The molecule has 0 saturated heterocycles. The molecule has 1 aliphatic heterocycles. The van der Waals surface area contributed by atoms with E-state index in [1.807, 2.05) is 36.4 Å². The van der Waals surface area contributed by atoms with Crippen LogP contribution >= 0.6 is 27.5 Å². The number of likely N-dealkylation sites (N-methyl/N-ethyl adjacent to an activating group) is 1. The molecule has 2 aromatic rings. The molecule has 2 aromatic carbocycles. The number of nitrogens with zero attached hydrogens (tertiary/aromatic N) is 2. The van der Waals surface area contributed by atoms with Gasteiger partial charge in [0.05, 0.1) is 17.2 Å². The van der Waals surface area contributed by atoms with Gasteiger partial charge in [0.15, 0.2) is 0 Å². The second kappa shape index (κ2) is 6.95. The first kappa shape index (κ1) is 18.8. The summed E-state index contributed by atoms with van der Waals surface area (Å²) < 4.78 is 0.940. The molecule has 0 amide bonds. The predicted molar refractivity (Wildman–Crippen MR) is 115 cm³/mol. The fourth-order valence-corrected chi connectivity index (χ4v) is 3.90. The molecule has 1 heterocycles. The van der Waals surface area contributed by atoms with Crippen molar-refractivity contribution in [2.45, 2.75) is 26.3 Å². The van der Waals surface area contributed by atoms with Crippen LogP contribution in [0.15, 0.2) is 46.9 Å². The molecular weight excluding hydrogens is 408 g/mol. The number of fused-ring (bicyclic) bond motifs is 1. The lowest BCUT2D eigenvalue weighted by Gasteiger charge is -2.40. The summed E-state index contributed by atoms with van der Waals surface area (Å²) in [5.41, 5.74) is 5.71. The first-order valence-electron chi connectivity index (χ1n) is 8.38. The average molecular weight is 428 g/mol. The average Bonchev–Trinajstić information content (AvgIpc) is 2.58. The largest absolute Gasteiger partial charge is 0.365 e. The lowest BCUT2D eigenvalue weighted by atomic mass is 9.88. The minimum atomic E-state index is -0.0636. The van der Waals surface area contributed by atoms with Gasteiger partial charge in [-0.3, -0.25) is 0 Å². The Balaban J connectivity index is 2.13. The summed E-state index contributed by atoms with van der Waals surface area (Å²) in [4.78, 5) is 2.23. The second-order valence-corrected chi connectivity index (χ2v) is 8.43. The minimum absolute atomic E-state index is 0.0636. The highest BCUT2D eigenvalue weighted by atomic mass is 79.9. The van der Waals surface area contributed by atoms with Crippen molar-refractivity contribution in [3.8, 4) is 6.07 Å². The number of hydrogen-bond acceptors (Lipinski definition) is 2. The van der Waals surface area contributed by atoms with Gasteiger partial charge in [0.2, 0.25) is 0 Å². The second-order valence-electron chi connectivity index (χ2n) is 7.11. The molecule has 1 aliphatic rings. The third-order valence-corrected chi connectivity index (χ3v) is 5.71. The molecular formula is C22H20BrClN2. The molecule has 0 fully saturated rings.